The Bertz CT molecular complexity index is 906. The van der Waals surface area contributed by atoms with Gasteiger partial charge in [-0.3, -0.25) is 9.59 Å². The van der Waals surface area contributed by atoms with Gasteiger partial charge >= 0.3 is 0 Å². The van der Waals surface area contributed by atoms with Crippen LogP contribution >= 0.6 is 11.6 Å². The Balaban J connectivity index is 1.80. The third kappa shape index (κ3) is 5.85. The van der Waals surface area contributed by atoms with Crippen molar-refractivity contribution in [3.8, 4) is 0 Å². The standard InChI is InChI=1S/C25H31ClN2O2/c1-17-11-12-18(2)21(13-17)15-24(29)28(16-20-7-6-8-22(26)14-20)19(3)25(30)27-23-9-4-5-10-23/h6-8,11-14,19,23H,4-5,9-10,15-16H2,1-3H3,(H,27,30)/t19-/m1/s1. The van der Waals surface area contributed by atoms with Gasteiger partial charge in [-0.2, -0.15) is 0 Å². The number of hydrogen-bond donors (Lipinski definition) is 1. The molecule has 4 nitrogen and oxygen atoms in total. The number of nitrogens with zero attached hydrogens (tertiary/aromatic N) is 1. The van der Waals surface area contributed by atoms with Crippen molar-refractivity contribution in [3.63, 3.8) is 0 Å². The van der Waals surface area contributed by atoms with Crippen molar-refractivity contribution in [2.45, 2.75) is 71.5 Å². The number of aryl methyl sites for hydroxylation is 2. The average molecular weight is 427 g/mol. The summed E-state index contributed by atoms with van der Waals surface area (Å²) >= 11 is 6.15. The van der Waals surface area contributed by atoms with Crippen LogP contribution in [0.4, 0.5) is 0 Å². The minimum absolute atomic E-state index is 0.0576. The highest BCUT2D eigenvalue weighted by Gasteiger charge is 2.28. The predicted octanol–water partition coefficient (Wildman–Crippen LogP) is 4.98. The van der Waals surface area contributed by atoms with Gasteiger partial charge in [0.1, 0.15) is 6.04 Å². The maximum Gasteiger partial charge on any atom is 0.242 e. The molecule has 0 spiro atoms. The van der Waals surface area contributed by atoms with E-state index in [2.05, 4.69) is 5.32 Å². The minimum Gasteiger partial charge on any atom is -0.352 e. The van der Waals surface area contributed by atoms with Crippen molar-refractivity contribution in [2.24, 2.45) is 0 Å². The molecule has 2 aromatic rings. The van der Waals surface area contributed by atoms with Crippen LogP contribution in [0, 0.1) is 13.8 Å². The Labute approximate surface area is 184 Å². The van der Waals surface area contributed by atoms with Crippen molar-refractivity contribution in [2.75, 3.05) is 0 Å². The molecular weight excluding hydrogens is 396 g/mol. The van der Waals surface area contributed by atoms with Crippen LogP contribution in [0.15, 0.2) is 42.5 Å². The largest absolute Gasteiger partial charge is 0.352 e. The smallest absolute Gasteiger partial charge is 0.242 e. The summed E-state index contributed by atoms with van der Waals surface area (Å²) in [5.41, 5.74) is 4.12. The molecule has 0 aromatic heterocycles. The first kappa shape index (κ1) is 22.4. The molecule has 0 saturated heterocycles. The molecule has 0 aliphatic heterocycles. The van der Waals surface area contributed by atoms with Gasteiger partial charge in [0.15, 0.2) is 0 Å². The lowest BCUT2D eigenvalue weighted by atomic mass is 10.0. The van der Waals surface area contributed by atoms with E-state index < -0.39 is 6.04 Å². The van der Waals surface area contributed by atoms with Crippen molar-refractivity contribution >= 4 is 23.4 Å². The Hall–Kier alpha value is -2.33. The van der Waals surface area contributed by atoms with Crippen molar-refractivity contribution in [1.82, 2.24) is 10.2 Å². The van der Waals surface area contributed by atoms with Crippen LogP contribution in [0.1, 0.15) is 54.9 Å². The van der Waals surface area contributed by atoms with E-state index >= 15 is 0 Å². The number of nitrogens with one attached hydrogen (secondary N) is 1. The molecule has 0 unspecified atom stereocenters. The number of rotatable bonds is 7. The SMILES string of the molecule is Cc1ccc(C)c(CC(=O)N(Cc2cccc(Cl)c2)[C@H](C)C(=O)NC2CCCC2)c1. The van der Waals surface area contributed by atoms with Crippen molar-refractivity contribution in [1.29, 1.82) is 0 Å². The minimum atomic E-state index is -0.554. The van der Waals surface area contributed by atoms with Crippen LogP contribution in [0.5, 0.6) is 0 Å². The predicted molar refractivity (Wildman–Crippen MR) is 121 cm³/mol. The van der Waals surface area contributed by atoms with E-state index in [1.165, 1.54) is 0 Å². The van der Waals surface area contributed by atoms with Gasteiger partial charge < -0.3 is 10.2 Å². The number of hydrogen-bond acceptors (Lipinski definition) is 2. The zero-order valence-corrected chi connectivity index (χ0v) is 18.8. The molecule has 1 atom stereocenters. The highest BCUT2D eigenvalue weighted by atomic mass is 35.5. The summed E-state index contributed by atoms with van der Waals surface area (Å²) in [5, 5.41) is 3.76. The quantitative estimate of drug-likeness (QED) is 0.679. The first-order chi connectivity index (χ1) is 14.3. The molecular formula is C25H31ClN2O2. The van der Waals surface area contributed by atoms with Gasteiger partial charge in [-0.15, -0.1) is 0 Å². The third-order valence-corrected chi connectivity index (χ3v) is 6.19. The Morgan fingerprint density at radius 2 is 1.87 bits per heavy atom. The molecule has 1 fully saturated rings. The fourth-order valence-electron chi connectivity index (χ4n) is 4.06. The van der Waals surface area contributed by atoms with Crippen LogP contribution in [0.25, 0.3) is 0 Å². The lowest BCUT2D eigenvalue weighted by Gasteiger charge is -2.30. The van der Waals surface area contributed by atoms with Crippen molar-refractivity contribution in [3.05, 3.63) is 69.7 Å². The number of carbonyl (C=O) groups is 2. The summed E-state index contributed by atoms with van der Waals surface area (Å²) in [6.45, 7) is 6.20. The molecule has 1 saturated carbocycles. The van der Waals surface area contributed by atoms with Gasteiger partial charge in [0.05, 0.1) is 6.42 Å². The zero-order valence-electron chi connectivity index (χ0n) is 18.1. The third-order valence-electron chi connectivity index (χ3n) is 5.96. The first-order valence-electron chi connectivity index (χ1n) is 10.7. The molecule has 0 bridgehead atoms. The molecule has 30 heavy (non-hydrogen) atoms. The van der Waals surface area contributed by atoms with Gasteiger partial charge in [-0.05, 0) is 62.4 Å². The van der Waals surface area contributed by atoms with E-state index in [0.717, 1.165) is 47.9 Å². The molecule has 160 valence electrons. The molecule has 1 aliphatic carbocycles. The molecule has 0 heterocycles. The van der Waals surface area contributed by atoms with Crippen LogP contribution in [-0.2, 0) is 22.6 Å². The van der Waals surface area contributed by atoms with Crippen LogP contribution in [-0.4, -0.2) is 28.8 Å². The maximum atomic E-state index is 13.4. The first-order valence-corrected chi connectivity index (χ1v) is 11.1. The molecule has 3 rings (SSSR count). The Morgan fingerprint density at radius 1 is 1.13 bits per heavy atom. The number of carbonyl (C=O) groups excluding carboxylic acids is 2. The van der Waals surface area contributed by atoms with E-state index in [4.69, 9.17) is 11.6 Å². The maximum absolute atomic E-state index is 13.4. The second-order valence-corrected chi connectivity index (χ2v) is 8.86. The van der Waals surface area contributed by atoms with E-state index in [9.17, 15) is 9.59 Å². The van der Waals surface area contributed by atoms with Gasteiger partial charge in [-0.25, -0.2) is 0 Å². The number of benzene rings is 2. The van der Waals surface area contributed by atoms with Crippen molar-refractivity contribution < 1.29 is 9.59 Å². The Kier molecular flexibility index (Phi) is 7.54. The van der Waals surface area contributed by atoms with E-state index in [1.54, 1.807) is 4.90 Å². The normalized spacial score (nSPS) is 15.1. The van der Waals surface area contributed by atoms with Crippen LogP contribution in [0.3, 0.4) is 0 Å². The van der Waals surface area contributed by atoms with E-state index in [-0.39, 0.29) is 24.3 Å². The topological polar surface area (TPSA) is 49.4 Å². The molecule has 0 radical (unpaired) electrons. The van der Waals surface area contributed by atoms with Crippen LogP contribution < -0.4 is 5.32 Å². The molecule has 1 aliphatic rings. The monoisotopic (exact) mass is 426 g/mol. The fourth-order valence-corrected chi connectivity index (χ4v) is 4.27. The summed E-state index contributed by atoms with van der Waals surface area (Å²) < 4.78 is 0. The molecule has 2 amide bonds. The molecule has 2 aromatic carbocycles. The fraction of sp³-hybridized carbons (Fsp3) is 0.440. The summed E-state index contributed by atoms with van der Waals surface area (Å²) in [6, 6.07) is 13.3. The Morgan fingerprint density at radius 3 is 2.57 bits per heavy atom. The molecule has 5 heteroatoms. The summed E-state index contributed by atoms with van der Waals surface area (Å²) in [5.74, 6) is -0.143. The van der Waals surface area contributed by atoms with E-state index in [0.29, 0.717) is 11.6 Å². The van der Waals surface area contributed by atoms with E-state index in [1.807, 2.05) is 63.2 Å². The molecule has 1 N–H and O–H groups in total. The lowest BCUT2D eigenvalue weighted by molar-refractivity contribution is -0.140. The summed E-state index contributed by atoms with van der Waals surface area (Å²) in [6.07, 6.45) is 4.61. The average Bonchev–Trinajstić information content (AvgIpc) is 3.21. The number of halogens is 1. The summed E-state index contributed by atoms with van der Waals surface area (Å²) in [7, 11) is 0. The summed E-state index contributed by atoms with van der Waals surface area (Å²) in [4.78, 5) is 28.0. The van der Waals surface area contributed by atoms with Gasteiger partial charge in [0.2, 0.25) is 11.8 Å². The highest BCUT2D eigenvalue weighted by Crippen LogP contribution is 2.20. The van der Waals surface area contributed by atoms with Gasteiger partial charge in [0, 0.05) is 17.6 Å². The number of amides is 2. The second-order valence-electron chi connectivity index (χ2n) is 8.42. The zero-order chi connectivity index (χ0) is 21.7. The lowest BCUT2D eigenvalue weighted by Crippen LogP contribution is -2.50. The highest BCUT2D eigenvalue weighted by molar-refractivity contribution is 6.30. The van der Waals surface area contributed by atoms with Gasteiger partial charge in [0.25, 0.3) is 0 Å². The second kappa shape index (κ2) is 10.1. The van der Waals surface area contributed by atoms with Gasteiger partial charge in [-0.1, -0.05) is 60.3 Å². The van der Waals surface area contributed by atoms with Crippen LogP contribution in [0.2, 0.25) is 5.02 Å².